The van der Waals surface area contributed by atoms with E-state index in [-0.39, 0.29) is 5.56 Å². The van der Waals surface area contributed by atoms with Crippen molar-refractivity contribution in [3.63, 3.8) is 0 Å². The Morgan fingerprint density at radius 3 is 2.33 bits per heavy atom. The molecule has 0 radical (unpaired) electrons. The van der Waals surface area contributed by atoms with Crippen molar-refractivity contribution in [3.8, 4) is 5.75 Å². The third-order valence-electron chi connectivity index (χ3n) is 1.95. The summed E-state index contributed by atoms with van der Waals surface area (Å²) in [5, 5.41) is 0. The number of rotatable bonds is 2. The number of hydrogen-bond donors (Lipinski definition) is 2. The molecule has 0 aliphatic rings. The minimum Gasteiger partial charge on any atom is -0.496 e. The van der Waals surface area contributed by atoms with Crippen molar-refractivity contribution in [3.05, 3.63) is 62.9 Å². The highest BCUT2D eigenvalue weighted by atomic mass is 16.5. The summed E-state index contributed by atoms with van der Waals surface area (Å²) in [5.74, 6) is 0.623. The molecule has 0 saturated heterocycles. The van der Waals surface area contributed by atoms with Crippen molar-refractivity contribution in [2.75, 3.05) is 7.11 Å². The van der Waals surface area contributed by atoms with E-state index in [9.17, 15) is 14.4 Å². The van der Waals surface area contributed by atoms with Crippen molar-refractivity contribution in [2.24, 2.45) is 0 Å². The van der Waals surface area contributed by atoms with Gasteiger partial charge in [-0.3, -0.25) is 14.6 Å². The fraction of sp³-hybridized carbons (Fsp3) is 0.0833. The van der Waals surface area contributed by atoms with E-state index in [4.69, 9.17) is 4.74 Å². The van der Waals surface area contributed by atoms with E-state index in [1.54, 1.807) is 25.3 Å². The van der Waals surface area contributed by atoms with E-state index >= 15 is 0 Å². The maximum Gasteiger partial charge on any atom is 0.325 e. The molecule has 0 spiro atoms. The SMILES string of the molecule is COc1ccccc1C=O.O=c1cc[nH]c(=O)[nH]1. The Hall–Kier alpha value is -2.63. The summed E-state index contributed by atoms with van der Waals surface area (Å²) >= 11 is 0. The molecule has 0 fully saturated rings. The lowest BCUT2D eigenvalue weighted by molar-refractivity contribution is 0.112. The molecule has 6 heteroatoms. The largest absolute Gasteiger partial charge is 0.496 e. The molecule has 2 N–H and O–H groups in total. The van der Waals surface area contributed by atoms with Crippen LogP contribution < -0.4 is 16.0 Å². The molecule has 2 aromatic rings. The van der Waals surface area contributed by atoms with Crippen LogP contribution in [0.15, 0.2) is 46.1 Å². The molecule has 0 amide bonds. The smallest absolute Gasteiger partial charge is 0.325 e. The van der Waals surface area contributed by atoms with Crippen molar-refractivity contribution in [1.29, 1.82) is 0 Å². The number of aromatic amines is 2. The van der Waals surface area contributed by atoms with Crippen LogP contribution in [-0.4, -0.2) is 23.4 Å². The van der Waals surface area contributed by atoms with Gasteiger partial charge in [0.2, 0.25) is 0 Å². The van der Waals surface area contributed by atoms with Crippen LogP contribution in [0, 0.1) is 0 Å². The number of para-hydroxylation sites is 1. The highest BCUT2D eigenvalue weighted by Gasteiger charge is 1.96. The summed E-state index contributed by atoms with van der Waals surface area (Å²) in [6, 6.07) is 8.33. The lowest BCUT2D eigenvalue weighted by atomic mass is 10.2. The zero-order valence-electron chi connectivity index (χ0n) is 9.67. The summed E-state index contributed by atoms with van der Waals surface area (Å²) in [5.41, 5.74) is -0.267. The van der Waals surface area contributed by atoms with Gasteiger partial charge in [-0.25, -0.2) is 4.79 Å². The first-order valence-electron chi connectivity index (χ1n) is 5.03. The molecule has 94 valence electrons. The van der Waals surface area contributed by atoms with Gasteiger partial charge in [0.1, 0.15) is 5.75 Å². The fourth-order valence-electron chi connectivity index (χ4n) is 1.15. The fourth-order valence-corrected chi connectivity index (χ4v) is 1.15. The number of H-pyrrole nitrogens is 2. The first-order chi connectivity index (χ1) is 8.67. The molecule has 2 rings (SSSR count). The number of methoxy groups -OCH3 is 1. The summed E-state index contributed by atoms with van der Waals surface area (Å²) < 4.78 is 4.90. The van der Waals surface area contributed by atoms with Gasteiger partial charge in [0.15, 0.2) is 6.29 Å². The van der Waals surface area contributed by atoms with Crippen LogP contribution in [0.4, 0.5) is 0 Å². The zero-order chi connectivity index (χ0) is 13.4. The first-order valence-corrected chi connectivity index (χ1v) is 5.03. The van der Waals surface area contributed by atoms with Gasteiger partial charge in [-0.15, -0.1) is 0 Å². The third-order valence-corrected chi connectivity index (χ3v) is 1.95. The number of nitrogens with one attached hydrogen (secondary N) is 2. The summed E-state index contributed by atoms with van der Waals surface area (Å²) in [4.78, 5) is 35.0. The van der Waals surface area contributed by atoms with Gasteiger partial charge in [0.05, 0.1) is 12.7 Å². The average Bonchev–Trinajstić information content (AvgIpc) is 2.39. The molecule has 0 unspecified atom stereocenters. The Labute approximate surface area is 102 Å². The van der Waals surface area contributed by atoms with Crippen LogP contribution in [0.25, 0.3) is 0 Å². The molecule has 1 aromatic heterocycles. The predicted molar refractivity (Wildman–Crippen MR) is 66.1 cm³/mol. The minimum atomic E-state index is -0.475. The van der Waals surface area contributed by atoms with Gasteiger partial charge < -0.3 is 9.72 Å². The monoisotopic (exact) mass is 248 g/mol. The molecule has 6 nitrogen and oxygen atoms in total. The molecule has 0 saturated carbocycles. The Bertz CT molecular complexity index is 590. The molecule has 0 aliphatic heterocycles. The molecule has 0 bridgehead atoms. The molecule has 1 aromatic carbocycles. The Balaban J connectivity index is 0.000000184. The Kier molecular flexibility index (Phi) is 5.11. The van der Waals surface area contributed by atoms with E-state index in [1.807, 2.05) is 11.1 Å². The van der Waals surface area contributed by atoms with Crippen molar-refractivity contribution >= 4 is 6.29 Å². The van der Waals surface area contributed by atoms with Crippen LogP contribution in [0.3, 0.4) is 0 Å². The number of carbonyl (C=O) groups excluding carboxylic acids is 1. The quantitative estimate of drug-likeness (QED) is 0.760. The van der Waals surface area contributed by atoms with Gasteiger partial charge in [-0.2, -0.15) is 0 Å². The highest BCUT2D eigenvalue weighted by molar-refractivity contribution is 5.79. The van der Waals surface area contributed by atoms with Gasteiger partial charge in [0, 0.05) is 12.3 Å². The second kappa shape index (κ2) is 6.85. The van der Waals surface area contributed by atoms with Gasteiger partial charge >= 0.3 is 5.69 Å². The maximum absolute atomic E-state index is 10.3. The lowest BCUT2D eigenvalue weighted by Crippen LogP contribution is -2.19. The molecule has 0 atom stereocenters. The third kappa shape index (κ3) is 4.09. The standard InChI is InChI=1S/C8H8O2.C4H4N2O2/c1-10-8-5-3-2-4-7(8)6-9;7-3-1-2-5-4(8)6-3/h2-6H,1H3;1-2H,(H2,5,6,7,8). The van der Waals surface area contributed by atoms with Crippen molar-refractivity contribution < 1.29 is 9.53 Å². The summed E-state index contributed by atoms with van der Waals surface area (Å²) in [7, 11) is 1.54. The van der Waals surface area contributed by atoms with Gasteiger partial charge in [0.25, 0.3) is 5.56 Å². The normalized spacial score (nSPS) is 8.94. The van der Waals surface area contributed by atoms with Crippen LogP contribution in [-0.2, 0) is 0 Å². The highest BCUT2D eigenvalue weighted by Crippen LogP contribution is 2.13. The first kappa shape index (κ1) is 13.4. The number of carbonyl (C=O) groups is 1. The lowest BCUT2D eigenvalue weighted by Gasteiger charge is -1.99. The Morgan fingerprint density at radius 2 is 1.89 bits per heavy atom. The number of aromatic nitrogens is 2. The van der Waals surface area contributed by atoms with Crippen LogP contribution in [0.1, 0.15) is 10.4 Å². The second-order valence-corrected chi connectivity index (χ2v) is 3.16. The molecule has 1 heterocycles. The summed E-state index contributed by atoms with van der Waals surface area (Å²) in [6.07, 6.45) is 2.07. The van der Waals surface area contributed by atoms with Gasteiger partial charge in [-0.05, 0) is 12.1 Å². The van der Waals surface area contributed by atoms with E-state index in [1.165, 1.54) is 12.3 Å². The average molecular weight is 248 g/mol. The van der Waals surface area contributed by atoms with Crippen LogP contribution in [0.5, 0.6) is 5.75 Å². The topological polar surface area (TPSA) is 92.0 Å². The molecular weight excluding hydrogens is 236 g/mol. The molecular formula is C12H12N2O4. The number of aldehydes is 1. The predicted octanol–water partition coefficient (Wildman–Crippen LogP) is 0.571. The number of hydrogen-bond acceptors (Lipinski definition) is 4. The van der Waals surface area contributed by atoms with E-state index in [0.29, 0.717) is 11.3 Å². The number of benzene rings is 1. The molecule has 18 heavy (non-hydrogen) atoms. The molecule has 0 aliphatic carbocycles. The second-order valence-electron chi connectivity index (χ2n) is 3.16. The number of ether oxygens (including phenoxy) is 1. The van der Waals surface area contributed by atoms with Crippen LogP contribution >= 0.6 is 0 Å². The van der Waals surface area contributed by atoms with Crippen molar-refractivity contribution in [2.45, 2.75) is 0 Å². The minimum absolute atomic E-state index is 0.381. The maximum atomic E-state index is 10.3. The van der Waals surface area contributed by atoms with Gasteiger partial charge in [-0.1, -0.05) is 12.1 Å². The van der Waals surface area contributed by atoms with E-state index < -0.39 is 5.69 Å². The Morgan fingerprint density at radius 1 is 1.17 bits per heavy atom. The zero-order valence-corrected chi connectivity index (χ0v) is 9.67. The van der Waals surface area contributed by atoms with E-state index in [2.05, 4.69) is 4.98 Å². The van der Waals surface area contributed by atoms with E-state index in [0.717, 1.165) is 6.29 Å². The van der Waals surface area contributed by atoms with Crippen molar-refractivity contribution in [1.82, 2.24) is 9.97 Å². The van der Waals surface area contributed by atoms with Crippen LogP contribution in [0.2, 0.25) is 0 Å². The summed E-state index contributed by atoms with van der Waals surface area (Å²) in [6.45, 7) is 0.